The molecule has 106 valence electrons. The number of aromatic nitrogens is 4. The van der Waals surface area contributed by atoms with Crippen LogP contribution < -0.4 is 5.32 Å². The summed E-state index contributed by atoms with van der Waals surface area (Å²) in [5.41, 5.74) is 1.37. The first-order valence-corrected chi connectivity index (χ1v) is 7.16. The lowest BCUT2D eigenvalue weighted by Crippen LogP contribution is -2.20. The van der Waals surface area contributed by atoms with Crippen LogP contribution in [-0.4, -0.2) is 25.2 Å². The molecule has 2 aromatic heterocycles. The van der Waals surface area contributed by atoms with Crippen molar-refractivity contribution in [3.63, 3.8) is 0 Å². The third-order valence-electron chi connectivity index (χ3n) is 3.55. The number of carbonyl (C=O) groups excluding carboxylic acids is 1. The summed E-state index contributed by atoms with van der Waals surface area (Å²) in [7, 11) is 0. The van der Waals surface area contributed by atoms with Crippen molar-refractivity contribution in [1.29, 1.82) is 0 Å². The molecule has 0 radical (unpaired) electrons. The molecule has 1 aliphatic rings. The molecule has 3 heterocycles. The second-order valence-electron chi connectivity index (χ2n) is 5.11. The van der Waals surface area contributed by atoms with E-state index in [0.29, 0.717) is 5.69 Å². The number of anilines is 1. The molecule has 1 amide bonds. The molecule has 3 rings (SSSR count). The van der Waals surface area contributed by atoms with Gasteiger partial charge >= 0.3 is 0 Å². The summed E-state index contributed by atoms with van der Waals surface area (Å²) < 4.78 is 3.86. The van der Waals surface area contributed by atoms with Gasteiger partial charge in [-0.2, -0.15) is 5.10 Å². The number of carbonyl (C=O) groups is 1. The van der Waals surface area contributed by atoms with E-state index >= 15 is 0 Å². The standard InChI is InChI=1S/C14H19N5O/c1-2-6-18-10-11(8-16-18)17-14(20)12-9-15-13-5-3-4-7-19(12)13/h8-10H,2-7H2,1H3,(H,17,20). The third-order valence-corrected chi connectivity index (χ3v) is 3.55. The van der Waals surface area contributed by atoms with Crippen molar-refractivity contribution >= 4 is 11.6 Å². The Morgan fingerprint density at radius 3 is 3.15 bits per heavy atom. The number of amides is 1. The molecule has 1 aliphatic heterocycles. The van der Waals surface area contributed by atoms with Gasteiger partial charge in [-0.05, 0) is 19.3 Å². The SMILES string of the molecule is CCCn1cc(NC(=O)c2cnc3n2CCCC3)cn1. The van der Waals surface area contributed by atoms with Crippen LogP contribution in [-0.2, 0) is 19.5 Å². The fourth-order valence-corrected chi connectivity index (χ4v) is 2.57. The lowest BCUT2D eigenvalue weighted by Gasteiger charge is -2.15. The third kappa shape index (κ3) is 2.45. The van der Waals surface area contributed by atoms with Gasteiger partial charge in [0.05, 0.1) is 18.1 Å². The highest BCUT2D eigenvalue weighted by Crippen LogP contribution is 2.17. The van der Waals surface area contributed by atoms with Gasteiger partial charge in [-0.25, -0.2) is 4.98 Å². The first-order chi connectivity index (χ1) is 9.78. The van der Waals surface area contributed by atoms with Crippen LogP contribution in [0.5, 0.6) is 0 Å². The molecule has 0 saturated carbocycles. The molecule has 0 atom stereocenters. The van der Waals surface area contributed by atoms with Gasteiger partial charge in [-0.15, -0.1) is 0 Å². The van der Waals surface area contributed by atoms with Gasteiger partial charge in [-0.3, -0.25) is 9.48 Å². The highest BCUT2D eigenvalue weighted by molar-refractivity contribution is 6.02. The molecule has 0 spiro atoms. The molecule has 0 unspecified atom stereocenters. The monoisotopic (exact) mass is 273 g/mol. The molecule has 1 N–H and O–H groups in total. The number of rotatable bonds is 4. The van der Waals surface area contributed by atoms with Gasteiger partial charge in [-0.1, -0.05) is 6.92 Å². The van der Waals surface area contributed by atoms with Crippen molar-refractivity contribution in [2.75, 3.05) is 5.32 Å². The minimum absolute atomic E-state index is 0.110. The Hall–Kier alpha value is -2.11. The second-order valence-corrected chi connectivity index (χ2v) is 5.11. The Kier molecular flexibility index (Phi) is 3.54. The molecular weight excluding hydrogens is 254 g/mol. The molecule has 0 aromatic carbocycles. The smallest absolute Gasteiger partial charge is 0.274 e. The number of nitrogens with zero attached hydrogens (tertiary/aromatic N) is 4. The summed E-state index contributed by atoms with van der Waals surface area (Å²) >= 11 is 0. The zero-order valence-corrected chi connectivity index (χ0v) is 11.7. The number of imidazole rings is 1. The van der Waals surface area contributed by atoms with Crippen LogP contribution in [0.2, 0.25) is 0 Å². The van der Waals surface area contributed by atoms with Gasteiger partial charge < -0.3 is 9.88 Å². The normalized spacial score (nSPS) is 14.1. The van der Waals surface area contributed by atoms with Gasteiger partial charge in [0.2, 0.25) is 0 Å². The summed E-state index contributed by atoms with van der Waals surface area (Å²) in [4.78, 5) is 16.6. The summed E-state index contributed by atoms with van der Waals surface area (Å²) in [5, 5.41) is 7.10. The Bertz CT molecular complexity index is 613. The number of hydrogen-bond acceptors (Lipinski definition) is 3. The second kappa shape index (κ2) is 5.48. The summed E-state index contributed by atoms with van der Waals surface area (Å²) in [5.74, 6) is 0.907. The Morgan fingerprint density at radius 2 is 2.30 bits per heavy atom. The van der Waals surface area contributed by atoms with Crippen LogP contribution in [0.25, 0.3) is 0 Å². The van der Waals surface area contributed by atoms with E-state index in [1.807, 2.05) is 15.4 Å². The summed E-state index contributed by atoms with van der Waals surface area (Å²) in [6.07, 6.45) is 9.45. The average Bonchev–Trinajstić information content (AvgIpc) is 3.06. The van der Waals surface area contributed by atoms with Crippen molar-refractivity contribution in [3.8, 4) is 0 Å². The van der Waals surface area contributed by atoms with Crippen LogP contribution in [0, 0.1) is 0 Å². The van der Waals surface area contributed by atoms with Gasteiger partial charge in [0.1, 0.15) is 11.5 Å². The van der Waals surface area contributed by atoms with E-state index in [9.17, 15) is 4.79 Å². The van der Waals surface area contributed by atoms with Crippen LogP contribution in [0.4, 0.5) is 5.69 Å². The average molecular weight is 273 g/mol. The predicted octanol–water partition coefficient (Wildman–Crippen LogP) is 2.08. The van der Waals surface area contributed by atoms with E-state index in [1.165, 1.54) is 0 Å². The summed E-state index contributed by atoms with van der Waals surface area (Å²) in [6, 6.07) is 0. The zero-order valence-electron chi connectivity index (χ0n) is 11.7. The predicted molar refractivity (Wildman–Crippen MR) is 75.6 cm³/mol. The minimum atomic E-state index is -0.110. The highest BCUT2D eigenvalue weighted by Gasteiger charge is 2.19. The first kappa shape index (κ1) is 12.9. The number of hydrogen-bond donors (Lipinski definition) is 1. The lowest BCUT2D eigenvalue weighted by molar-refractivity contribution is 0.101. The number of nitrogens with one attached hydrogen (secondary N) is 1. The molecule has 2 aromatic rings. The van der Waals surface area contributed by atoms with Crippen molar-refractivity contribution in [1.82, 2.24) is 19.3 Å². The van der Waals surface area contributed by atoms with E-state index in [0.717, 1.165) is 50.3 Å². The molecule has 0 saturated heterocycles. The molecule has 0 bridgehead atoms. The fourth-order valence-electron chi connectivity index (χ4n) is 2.57. The summed E-state index contributed by atoms with van der Waals surface area (Å²) in [6.45, 7) is 3.84. The maximum atomic E-state index is 12.3. The minimum Gasteiger partial charge on any atom is -0.324 e. The van der Waals surface area contributed by atoms with Crippen LogP contribution in [0.15, 0.2) is 18.6 Å². The van der Waals surface area contributed by atoms with Gasteiger partial charge in [0.15, 0.2) is 0 Å². The van der Waals surface area contributed by atoms with Crippen LogP contribution >= 0.6 is 0 Å². The molecule has 6 heteroatoms. The van der Waals surface area contributed by atoms with Crippen molar-refractivity contribution in [2.24, 2.45) is 0 Å². The van der Waals surface area contributed by atoms with Gasteiger partial charge in [0.25, 0.3) is 5.91 Å². The van der Waals surface area contributed by atoms with Crippen LogP contribution in [0.1, 0.15) is 42.5 Å². The molecule has 6 nitrogen and oxygen atoms in total. The Balaban J connectivity index is 1.74. The lowest BCUT2D eigenvalue weighted by atomic mass is 10.1. The topological polar surface area (TPSA) is 64.7 Å². The largest absolute Gasteiger partial charge is 0.324 e. The zero-order chi connectivity index (χ0) is 13.9. The van der Waals surface area contributed by atoms with Gasteiger partial charge in [0, 0.05) is 25.7 Å². The quantitative estimate of drug-likeness (QED) is 0.927. The molecular formula is C14H19N5O. The van der Waals surface area contributed by atoms with E-state index in [4.69, 9.17) is 0 Å². The number of aryl methyl sites for hydroxylation is 2. The molecule has 20 heavy (non-hydrogen) atoms. The number of fused-ring (bicyclic) bond motifs is 1. The maximum Gasteiger partial charge on any atom is 0.274 e. The van der Waals surface area contributed by atoms with Crippen molar-refractivity contribution in [2.45, 2.75) is 45.7 Å². The molecule has 0 aliphatic carbocycles. The van der Waals surface area contributed by atoms with Crippen molar-refractivity contribution < 1.29 is 4.79 Å². The molecule has 0 fully saturated rings. The fraction of sp³-hybridized carbons (Fsp3) is 0.500. The van der Waals surface area contributed by atoms with E-state index < -0.39 is 0 Å². The first-order valence-electron chi connectivity index (χ1n) is 7.16. The van der Waals surface area contributed by atoms with E-state index in [1.54, 1.807) is 12.4 Å². The van der Waals surface area contributed by atoms with Crippen molar-refractivity contribution in [3.05, 3.63) is 30.1 Å². The van der Waals surface area contributed by atoms with E-state index in [2.05, 4.69) is 22.3 Å². The highest BCUT2D eigenvalue weighted by atomic mass is 16.2. The Labute approximate surface area is 117 Å². The Morgan fingerprint density at radius 1 is 1.40 bits per heavy atom. The maximum absolute atomic E-state index is 12.3. The van der Waals surface area contributed by atoms with Crippen LogP contribution in [0.3, 0.4) is 0 Å². The van der Waals surface area contributed by atoms with E-state index in [-0.39, 0.29) is 5.91 Å².